The van der Waals surface area contributed by atoms with E-state index in [0.29, 0.717) is 18.9 Å². The van der Waals surface area contributed by atoms with E-state index in [1.165, 1.54) is 11.1 Å². The SMILES string of the molecule is CCOc1ccc(C(CC)CC(O)CO)cc1C(C)C. The summed E-state index contributed by atoms with van der Waals surface area (Å²) >= 11 is 0. The molecule has 0 aromatic heterocycles. The molecule has 0 saturated carbocycles. The second-order valence-corrected chi connectivity index (χ2v) is 5.56. The molecule has 0 fully saturated rings. The van der Waals surface area contributed by atoms with E-state index in [0.717, 1.165) is 12.2 Å². The predicted molar refractivity (Wildman–Crippen MR) is 82.4 cm³/mol. The van der Waals surface area contributed by atoms with Crippen LogP contribution in [-0.2, 0) is 0 Å². The van der Waals surface area contributed by atoms with Crippen molar-refractivity contribution in [3.8, 4) is 5.75 Å². The van der Waals surface area contributed by atoms with Crippen LogP contribution in [0.2, 0.25) is 0 Å². The molecule has 0 amide bonds. The molecule has 114 valence electrons. The van der Waals surface area contributed by atoms with E-state index in [-0.39, 0.29) is 12.5 Å². The molecule has 1 rings (SSSR count). The van der Waals surface area contributed by atoms with E-state index in [4.69, 9.17) is 9.84 Å². The van der Waals surface area contributed by atoms with E-state index in [1.54, 1.807) is 0 Å². The van der Waals surface area contributed by atoms with E-state index in [1.807, 2.05) is 13.0 Å². The number of rotatable bonds is 8. The predicted octanol–water partition coefficient (Wildman–Crippen LogP) is 3.45. The summed E-state index contributed by atoms with van der Waals surface area (Å²) in [5.74, 6) is 1.62. The third kappa shape index (κ3) is 4.50. The first-order valence-electron chi connectivity index (χ1n) is 7.58. The number of ether oxygens (including phenoxy) is 1. The maximum Gasteiger partial charge on any atom is 0.122 e. The number of benzene rings is 1. The molecule has 3 heteroatoms. The quantitative estimate of drug-likeness (QED) is 0.767. The monoisotopic (exact) mass is 280 g/mol. The largest absolute Gasteiger partial charge is 0.494 e. The fourth-order valence-corrected chi connectivity index (χ4v) is 2.50. The van der Waals surface area contributed by atoms with Crippen molar-refractivity contribution in [3.63, 3.8) is 0 Å². The molecular formula is C17H28O3. The summed E-state index contributed by atoms with van der Waals surface area (Å²) in [6.45, 7) is 8.91. The van der Waals surface area contributed by atoms with Gasteiger partial charge in [0.1, 0.15) is 5.75 Å². The van der Waals surface area contributed by atoms with E-state index < -0.39 is 6.10 Å². The smallest absolute Gasteiger partial charge is 0.122 e. The highest BCUT2D eigenvalue weighted by molar-refractivity contribution is 5.40. The Bertz CT molecular complexity index is 401. The standard InChI is InChI=1S/C17H28O3/c1-5-13(9-15(19)11-18)14-7-8-17(20-6-2)16(10-14)12(3)4/h7-8,10,12-13,15,18-19H,5-6,9,11H2,1-4H3. The van der Waals surface area contributed by atoms with Crippen molar-refractivity contribution in [3.05, 3.63) is 29.3 Å². The first-order chi connectivity index (χ1) is 9.53. The molecule has 0 bridgehead atoms. The molecule has 2 N–H and O–H groups in total. The lowest BCUT2D eigenvalue weighted by atomic mass is 9.88. The lowest BCUT2D eigenvalue weighted by Gasteiger charge is -2.21. The van der Waals surface area contributed by atoms with Crippen LogP contribution in [0.25, 0.3) is 0 Å². The summed E-state index contributed by atoms with van der Waals surface area (Å²) in [6.07, 6.45) is 0.898. The Balaban J connectivity index is 3.02. The summed E-state index contributed by atoms with van der Waals surface area (Å²) in [6, 6.07) is 6.30. The average Bonchev–Trinajstić information content (AvgIpc) is 2.45. The van der Waals surface area contributed by atoms with Gasteiger partial charge in [0.05, 0.1) is 19.3 Å². The minimum Gasteiger partial charge on any atom is -0.494 e. The maximum absolute atomic E-state index is 9.66. The van der Waals surface area contributed by atoms with Crippen LogP contribution in [0.5, 0.6) is 5.75 Å². The number of aliphatic hydroxyl groups is 2. The van der Waals surface area contributed by atoms with Gasteiger partial charge in [0, 0.05) is 0 Å². The van der Waals surface area contributed by atoms with Crippen LogP contribution < -0.4 is 4.74 Å². The normalized spacial score (nSPS) is 14.3. The topological polar surface area (TPSA) is 49.7 Å². The van der Waals surface area contributed by atoms with Gasteiger partial charge in [-0.2, -0.15) is 0 Å². The van der Waals surface area contributed by atoms with Crippen molar-refractivity contribution >= 4 is 0 Å². The molecule has 2 atom stereocenters. The molecule has 2 unspecified atom stereocenters. The summed E-state index contributed by atoms with van der Waals surface area (Å²) < 4.78 is 5.68. The lowest BCUT2D eigenvalue weighted by Crippen LogP contribution is -2.16. The Morgan fingerprint density at radius 1 is 1.20 bits per heavy atom. The van der Waals surface area contributed by atoms with Crippen LogP contribution in [0.3, 0.4) is 0 Å². The zero-order chi connectivity index (χ0) is 15.1. The van der Waals surface area contributed by atoms with Gasteiger partial charge >= 0.3 is 0 Å². The van der Waals surface area contributed by atoms with Crippen LogP contribution in [-0.4, -0.2) is 29.5 Å². The molecule has 0 saturated heterocycles. The van der Waals surface area contributed by atoms with Crippen LogP contribution in [0.4, 0.5) is 0 Å². The number of hydrogen-bond donors (Lipinski definition) is 2. The zero-order valence-corrected chi connectivity index (χ0v) is 13.1. The molecule has 1 aromatic carbocycles. The fraction of sp³-hybridized carbons (Fsp3) is 0.647. The lowest BCUT2D eigenvalue weighted by molar-refractivity contribution is 0.0817. The van der Waals surface area contributed by atoms with Crippen LogP contribution in [0.15, 0.2) is 18.2 Å². The van der Waals surface area contributed by atoms with Gasteiger partial charge in [0.2, 0.25) is 0 Å². The van der Waals surface area contributed by atoms with Gasteiger partial charge in [0.25, 0.3) is 0 Å². The second-order valence-electron chi connectivity index (χ2n) is 5.56. The molecule has 0 aliphatic carbocycles. The van der Waals surface area contributed by atoms with E-state index in [9.17, 15) is 5.11 Å². The Morgan fingerprint density at radius 3 is 2.40 bits per heavy atom. The molecule has 1 aromatic rings. The van der Waals surface area contributed by atoms with Gasteiger partial charge < -0.3 is 14.9 Å². The molecular weight excluding hydrogens is 252 g/mol. The highest BCUT2D eigenvalue weighted by Gasteiger charge is 2.17. The van der Waals surface area contributed by atoms with Crippen molar-refractivity contribution in [2.75, 3.05) is 13.2 Å². The fourth-order valence-electron chi connectivity index (χ4n) is 2.50. The summed E-state index contributed by atoms with van der Waals surface area (Å²) in [7, 11) is 0. The third-order valence-corrected chi connectivity index (χ3v) is 3.69. The molecule has 0 heterocycles. The van der Waals surface area contributed by atoms with Gasteiger partial charge in [-0.05, 0) is 48.8 Å². The van der Waals surface area contributed by atoms with E-state index in [2.05, 4.69) is 32.9 Å². The molecule has 0 spiro atoms. The third-order valence-electron chi connectivity index (χ3n) is 3.69. The summed E-state index contributed by atoms with van der Waals surface area (Å²) in [5.41, 5.74) is 2.42. The average molecular weight is 280 g/mol. The number of aliphatic hydroxyl groups excluding tert-OH is 2. The molecule has 3 nitrogen and oxygen atoms in total. The Hall–Kier alpha value is -1.06. The van der Waals surface area contributed by atoms with Crippen LogP contribution >= 0.6 is 0 Å². The van der Waals surface area contributed by atoms with Crippen LogP contribution in [0, 0.1) is 0 Å². The molecule has 0 radical (unpaired) electrons. The van der Waals surface area contributed by atoms with Gasteiger partial charge in [-0.3, -0.25) is 0 Å². The van der Waals surface area contributed by atoms with Crippen LogP contribution in [0.1, 0.15) is 63.5 Å². The van der Waals surface area contributed by atoms with Gasteiger partial charge in [0.15, 0.2) is 0 Å². The van der Waals surface area contributed by atoms with Crippen molar-refractivity contribution in [1.82, 2.24) is 0 Å². The van der Waals surface area contributed by atoms with Crippen molar-refractivity contribution in [2.45, 2.75) is 58.5 Å². The van der Waals surface area contributed by atoms with Gasteiger partial charge in [-0.15, -0.1) is 0 Å². The Morgan fingerprint density at radius 2 is 1.90 bits per heavy atom. The van der Waals surface area contributed by atoms with E-state index >= 15 is 0 Å². The minimum atomic E-state index is -0.644. The molecule has 0 aliphatic heterocycles. The molecule has 20 heavy (non-hydrogen) atoms. The number of hydrogen-bond acceptors (Lipinski definition) is 3. The highest BCUT2D eigenvalue weighted by atomic mass is 16.5. The first-order valence-corrected chi connectivity index (χ1v) is 7.58. The Labute approximate surface area is 122 Å². The van der Waals surface area contributed by atoms with Crippen molar-refractivity contribution in [1.29, 1.82) is 0 Å². The Kier molecular flexibility index (Phi) is 7.03. The maximum atomic E-state index is 9.66. The van der Waals surface area contributed by atoms with Gasteiger partial charge in [-0.25, -0.2) is 0 Å². The summed E-state index contributed by atoms with van der Waals surface area (Å²) in [5, 5.41) is 18.7. The van der Waals surface area contributed by atoms with Gasteiger partial charge in [-0.1, -0.05) is 32.9 Å². The minimum absolute atomic E-state index is 0.176. The second kappa shape index (κ2) is 8.28. The van der Waals surface area contributed by atoms with Crippen molar-refractivity contribution < 1.29 is 14.9 Å². The highest BCUT2D eigenvalue weighted by Crippen LogP contribution is 2.33. The molecule has 0 aliphatic rings. The first kappa shape index (κ1) is 17.0. The summed E-state index contributed by atoms with van der Waals surface area (Å²) in [4.78, 5) is 0. The van der Waals surface area contributed by atoms with Crippen molar-refractivity contribution in [2.24, 2.45) is 0 Å². The zero-order valence-electron chi connectivity index (χ0n) is 13.1.